The number of hydrogen-bond acceptors (Lipinski definition) is 2. The number of carbonyl (C=O) groups is 1. The van der Waals surface area contributed by atoms with Gasteiger partial charge >= 0.3 is 6.09 Å². The molecular weight excluding hydrogens is 338 g/mol. The molecule has 2 aliphatic carbocycles. The molecule has 1 aliphatic heterocycles. The van der Waals surface area contributed by atoms with E-state index >= 15 is 0 Å². The van der Waals surface area contributed by atoms with Gasteiger partial charge in [-0.05, 0) is 32.1 Å². The van der Waals surface area contributed by atoms with Gasteiger partial charge in [0.15, 0.2) is 0 Å². The van der Waals surface area contributed by atoms with Gasteiger partial charge in [0.25, 0.3) is 0 Å². The van der Waals surface area contributed by atoms with Gasteiger partial charge in [-0.1, -0.05) is 31.9 Å². The van der Waals surface area contributed by atoms with Crippen LogP contribution in [-0.4, -0.2) is 38.8 Å². The molecule has 16 heavy (non-hydrogen) atoms. The second kappa shape index (κ2) is 3.37. The van der Waals surface area contributed by atoms with Crippen molar-refractivity contribution in [2.24, 2.45) is 0 Å². The van der Waals surface area contributed by atoms with E-state index in [0.29, 0.717) is 9.65 Å². The molecule has 1 heterocycles. The minimum atomic E-state index is -0.138. The third kappa shape index (κ3) is 1.12. The topological polar surface area (TPSA) is 29.3 Å². The summed E-state index contributed by atoms with van der Waals surface area (Å²) in [6.07, 6.45) is 5.50. The molecule has 0 radical (unpaired) electrons. The Hall–Kier alpha value is 0.230. The third-order valence-corrected chi connectivity index (χ3v) is 7.30. The summed E-state index contributed by atoms with van der Waals surface area (Å²) >= 11 is 7.44. The maximum atomic E-state index is 11.8. The van der Waals surface area contributed by atoms with Crippen molar-refractivity contribution in [3.8, 4) is 0 Å². The number of likely N-dealkylation sites (tertiary alicyclic amines) is 1. The van der Waals surface area contributed by atoms with Crippen LogP contribution in [0.2, 0.25) is 0 Å². The number of ether oxygens (including phenoxy) is 1. The van der Waals surface area contributed by atoms with Gasteiger partial charge in [0.2, 0.25) is 0 Å². The number of alkyl halides is 2. The van der Waals surface area contributed by atoms with Crippen LogP contribution in [-0.2, 0) is 4.74 Å². The van der Waals surface area contributed by atoms with Crippen molar-refractivity contribution in [3.05, 3.63) is 0 Å². The zero-order valence-corrected chi connectivity index (χ0v) is 12.4. The second-order valence-electron chi connectivity index (χ2n) is 5.16. The molecule has 1 saturated heterocycles. The maximum absolute atomic E-state index is 11.8. The average molecular weight is 353 g/mol. The van der Waals surface area contributed by atoms with Crippen molar-refractivity contribution in [2.45, 2.75) is 52.8 Å². The lowest BCUT2D eigenvalue weighted by Gasteiger charge is -2.28. The Kier molecular flexibility index (Phi) is 2.39. The van der Waals surface area contributed by atoms with Crippen LogP contribution in [0, 0.1) is 0 Å². The van der Waals surface area contributed by atoms with Gasteiger partial charge in [0, 0.05) is 9.65 Å². The molecule has 0 bridgehead atoms. The van der Waals surface area contributed by atoms with Crippen molar-refractivity contribution >= 4 is 38.0 Å². The van der Waals surface area contributed by atoms with Gasteiger partial charge in [-0.15, -0.1) is 0 Å². The van der Waals surface area contributed by atoms with Crippen LogP contribution in [0.15, 0.2) is 0 Å². The molecule has 0 aromatic rings. The first kappa shape index (κ1) is 11.3. The molecule has 3 rings (SSSR count). The van der Waals surface area contributed by atoms with E-state index in [9.17, 15) is 4.79 Å². The molecule has 4 atom stereocenters. The van der Waals surface area contributed by atoms with E-state index in [2.05, 4.69) is 31.9 Å². The summed E-state index contributed by atoms with van der Waals surface area (Å²) in [4.78, 5) is 14.8. The predicted molar refractivity (Wildman–Crippen MR) is 68.2 cm³/mol. The Labute approximate surface area is 112 Å². The number of piperidine rings is 1. The normalized spacial score (nSPS) is 49.6. The van der Waals surface area contributed by atoms with E-state index < -0.39 is 0 Å². The molecule has 3 aliphatic rings. The highest BCUT2D eigenvalue weighted by molar-refractivity contribution is 9.12. The molecule has 0 spiro atoms. The number of rotatable bonds is 0. The molecule has 0 N–H and O–H groups in total. The van der Waals surface area contributed by atoms with E-state index in [4.69, 9.17) is 4.74 Å². The number of carbonyl (C=O) groups excluding carboxylic acids is 1. The Morgan fingerprint density at radius 2 is 1.75 bits per heavy atom. The number of methoxy groups -OCH3 is 1. The summed E-state index contributed by atoms with van der Waals surface area (Å²) in [5.41, 5.74) is 0.219. The number of halogens is 2. The molecule has 0 unspecified atom stereocenters. The summed E-state index contributed by atoms with van der Waals surface area (Å²) in [5, 5.41) is 0. The van der Waals surface area contributed by atoms with Crippen molar-refractivity contribution in [3.63, 3.8) is 0 Å². The molecular formula is C11H15Br2NO2. The Morgan fingerprint density at radius 1 is 1.25 bits per heavy atom. The lowest BCUT2D eigenvalue weighted by Crippen LogP contribution is -2.36. The van der Waals surface area contributed by atoms with Gasteiger partial charge in [-0.25, -0.2) is 4.79 Å². The highest BCUT2D eigenvalue weighted by atomic mass is 79.9. The molecule has 90 valence electrons. The van der Waals surface area contributed by atoms with Crippen molar-refractivity contribution in [1.82, 2.24) is 4.90 Å². The lowest BCUT2D eigenvalue weighted by atomic mass is 9.82. The lowest BCUT2D eigenvalue weighted by molar-refractivity contribution is 0.138. The number of amides is 1. The van der Waals surface area contributed by atoms with Crippen molar-refractivity contribution < 1.29 is 9.53 Å². The monoisotopic (exact) mass is 351 g/mol. The minimum absolute atomic E-state index is 0.110. The largest absolute Gasteiger partial charge is 0.453 e. The van der Waals surface area contributed by atoms with E-state index in [-0.39, 0.29) is 17.2 Å². The fourth-order valence-corrected chi connectivity index (χ4v) is 5.48. The number of hydrogen-bond donors (Lipinski definition) is 0. The highest BCUT2D eigenvalue weighted by Gasteiger charge is 2.81. The SMILES string of the molecule is COC(=O)N1[C@@]23CCC[C@@]12C[C@H](Br)[C@@H](Br)C3. The quantitative estimate of drug-likeness (QED) is 0.495. The standard InChI is InChI=1S/C11H15Br2NO2/c1-16-9(15)14-10-3-2-4-11(10,14)6-8(13)7(12)5-10/h7-8H,2-6H2,1H3/t7-,8-,10-,11+,14?/m0/s1. The first-order valence-corrected chi connectivity index (χ1v) is 7.57. The van der Waals surface area contributed by atoms with Crippen LogP contribution in [0.1, 0.15) is 32.1 Å². The molecule has 2 saturated carbocycles. The van der Waals surface area contributed by atoms with Gasteiger partial charge in [0.1, 0.15) is 0 Å². The van der Waals surface area contributed by atoms with E-state index in [1.807, 2.05) is 4.90 Å². The van der Waals surface area contributed by atoms with Crippen LogP contribution < -0.4 is 0 Å². The Balaban J connectivity index is 1.93. The summed E-state index contributed by atoms with van der Waals surface area (Å²) < 4.78 is 4.92. The first-order chi connectivity index (χ1) is 7.57. The first-order valence-electron chi connectivity index (χ1n) is 5.74. The maximum Gasteiger partial charge on any atom is 0.410 e. The van der Waals surface area contributed by atoms with Crippen molar-refractivity contribution in [1.29, 1.82) is 0 Å². The zero-order chi connectivity index (χ0) is 11.6. The van der Waals surface area contributed by atoms with Crippen molar-refractivity contribution in [2.75, 3.05) is 7.11 Å². The molecule has 0 aromatic carbocycles. The Morgan fingerprint density at radius 3 is 2.19 bits per heavy atom. The van der Waals surface area contributed by atoms with E-state index in [1.54, 1.807) is 0 Å². The smallest absolute Gasteiger partial charge is 0.410 e. The van der Waals surface area contributed by atoms with E-state index in [0.717, 1.165) is 25.7 Å². The minimum Gasteiger partial charge on any atom is -0.453 e. The summed E-state index contributed by atoms with van der Waals surface area (Å²) in [6, 6.07) is 0. The Bertz CT molecular complexity index is 327. The zero-order valence-electron chi connectivity index (χ0n) is 9.21. The van der Waals surface area contributed by atoms with Gasteiger partial charge in [0.05, 0.1) is 18.2 Å². The van der Waals surface area contributed by atoms with Gasteiger partial charge in [-0.3, -0.25) is 4.90 Å². The average Bonchev–Trinajstić information content (AvgIpc) is 2.60. The molecule has 0 aromatic heterocycles. The fourth-order valence-electron chi connectivity index (χ4n) is 4.04. The molecule has 5 heteroatoms. The second-order valence-corrected chi connectivity index (χ2v) is 7.51. The third-order valence-electron chi connectivity index (χ3n) is 4.67. The van der Waals surface area contributed by atoms with Gasteiger partial charge in [-0.2, -0.15) is 0 Å². The van der Waals surface area contributed by atoms with Crippen LogP contribution in [0.25, 0.3) is 0 Å². The highest BCUT2D eigenvalue weighted by Crippen LogP contribution is 2.70. The van der Waals surface area contributed by atoms with Crippen LogP contribution in [0.5, 0.6) is 0 Å². The van der Waals surface area contributed by atoms with Gasteiger partial charge < -0.3 is 4.74 Å². The number of nitrogens with zero attached hydrogens (tertiary/aromatic N) is 1. The summed E-state index contributed by atoms with van der Waals surface area (Å²) in [6.45, 7) is 0. The fraction of sp³-hybridized carbons (Fsp3) is 0.909. The van der Waals surface area contributed by atoms with E-state index in [1.165, 1.54) is 13.5 Å². The summed E-state index contributed by atoms with van der Waals surface area (Å²) in [5.74, 6) is 0. The van der Waals surface area contributed by atoms with Crippen LogP contribution in [0.4, 0.5) is 4.79 Å². The molecule has 3 nitrogen and oxygen atoms in total. The summed E-state index contributed by atoms with van der Waals surface area (Å²) in [7, 11) is 1.48. The predicted octanol–water partition coefficient (Wildman–Crippen LogP) is 3.05. The molecule has 3 fully saturated rings. The molecule has 1 amide bonds. The van der Waals surface area contributed by atoms with Crippen LogP contribution >= 0.6 is 31.9 Å². The van der Waals surface area contributed by atoms with Crippen LogP contribution in [0.3, 0.4) is 0 Å².